The van der Waals surface area contributed by atoms with Gasteiger partial charge in [0.2, 0.25) is 10.0 Å². The molecule has 1 aromatic heterocycles. The lowest BCUT2D eigenvalue weighted by Crippen LogP contribution is -2.22. The first-order chi connectivity index (χ1) is 9.53. The van der Waals surface area contributed by atoms with E-state index in [2.05, 4.69) is 10.0 Å². The summed E-state index contributed by atoms with van der Waals surface area (Å²) in [4.78, 5) is 1.05. The summed E-state index contributed by atoms with van der Waals surface area (Å²) in [6.45, 7) is 2.92. The van der Waals surface area contributed by atoms with Crippen molar-refractivity contribution in [1.82, 2.24) is 10.0 Å². The third-order valence-electron chi connectivity index (χ3n) is 2.91. The highest BCUT2D eigenvalue weighted by molar-refractivity contribution is 7.91. The molecule has 1 heterocycles. The molecule has 6 heteroatoms. The maximum atomic E-state index is 12.3. The summed E-state index contributed by atoms with van der Waals surface area (Å²) in [6.07, 6.45) is 0. The minimum atomic E-state index is -3.44. The first kappa shape index (κ1) is 15.2. The SMILES string of the molecule is CNCc1sc(S(=O)(=O)NCc2ccccc2)cc1C. The van der Waals surface area contributed by atoms with Crippen LogP contribution in [0.5, 0.6) is 0 Å². The molecule has 0 spiro atoms. The lowest BCUT2D eigenvalue weighted by molar-refractivity contribution is 0.583. The minimum absolute atomic E-state index is 0.307. The summed E-state index contributed by atoms with van der Waals surface area (Å²) in [5.41, 5.74) is 1.95. The summed E-state index contributed by atoms with van der Waals surface area (Å²) in [5, 5.41) is 3.04. The molecule has 0 aliphatic heterocycles. The number of nitrogens with one attached hydrogen (secondary N) is 2. The van der Waals surface area contributed by atoms with Gasteiger partial charge >= 0.3 is 0 Å². The Morgan fingerprint density at radius 1 is 1.15 bits per heavy atom. The van der Waals surface area contributed by atoms with Gasteiger partial charge in [-0.25, -0.2) is 13.1 Å². The number of benzene rings is 1. The Morgan fingerprint density at radius 2 is 1.85 bits per heavy atom. The largest absolute Gasteiger partial charge is 0.315 e. The zero-order valence-corrected chi connectivity index (χ0v) is 13.1. The van der Waals surface area contributed by atoms with E-state index >= 15 is 0 Å². The molecule has 0 bridgehead atoms. The van der Waals surface area contributed by atoms with Gasteiger partial charge in [-0.3, -0.25) is 0 Å². The highest BCUT2D eigenvalue weighted by Crippen LogP contribution is 2.25. The Balaban J connectivity index is 2.12. The quantitative estimate of drug-likeness (QED) is 0.860. The van der Waals surface area contributed by atoms with E-state index in [1.165, 1.54) is 11.3 Å². The van der Waals surface area contributed by atoms with Crippen LogP contribution in [0.15, 0.2) is 40.6 Å². The number of hydrogen-bond donors (Lipinski definition) is 2. The highest BCUT2D eigenvalue weighted by atomic mass is 32.2. The maximum Gasteiger partial charge on any atom is 0.250 e. The number of thiophene rings is 1. The van der Waals surface area contributed by atoms with Gasteiger partial charge in [0, 0.05) is 18.0 Å². The van der Waals surface area contributed by atoms with Crippen LogP contribution in [-0.2, 0) is 23.1 Å². The van der Waals surface area contributed by atoms with Crippen LogP contribution in [-0.4, -0.2) is 15.5 Å². The van der Waals surface area contributed by atoms with Crippen LogP contribution in [0.2, 0.25) is 0 Å². The van der Waals surface area contributed by atoms with Crippen molar-refractivity contribution in [2.24, 2.45) is 0 Å². The van der Waals surface area contributed by atoms with Crippen molar-refractivity contribution >= 4 is 21.4 Å². The first-order valence-corrected chi connectivity index (χ1v) is 8.60. The maximum absolute atomic E-state index is 12.3. The average molecular weight is 310 g/mol. The Hall–Kier alpha value is -1.21. The predicted molar refractivity (Wildman–Crippen MR) is 82.3 cm³/mol. The molecule has 0 atom stereocenters. The Bertz CT molecular complexity index is 664. The summed E-state index contributed by atoms with van der Waals surface area (Å²) >= 11 is 1.31. The van der Waals surface area contributed by atoms with Crippen molar-refractivity contribution in [2.75, 3.05) is 7.05 Å². The molecular weight excluding hydrogens is 292 g/mol. The predicted octanol–water partition coefficient (Wildman–Crippen LogP) is 2.25. The van der Waals surface area contributed by atoms with Gasteiger partial charge in [-0.1, -0.05) is 30.3 Å². The molecule has 2 rings (SSSR count). The molecule has 2 aromatic rings. The normalized spacial score (nSPS) is 11.7. The van der Waals surface area contributed by atoms with Gasteiger partial charge in [-0.05, 0) is 31.2 Å². The van der Waals surface area contributed by atoms with Crippen molar-refractivity contribution in [3.63, 3.8) is 0 Å². The third kappa shape index (κ3) is 3.67. The van der Waals surface area contributed by atoms with Gasteiger partial charge in [-0.2, -0.15) is 0 Å². The van der Waals surface area contributed by atoms with E-state index in [1.54, 1.807) is 6.07 Å². The Kier molecular flexibility index (Phi) is 4.93. The number of aryl methyl sites for hydroxylation is 1. The van der Waals surface area contributed by atoms with E-state index in [-0.39, 0.29) is 0 Å². The molecule has 0 radical (unpaired) electrons. The van der Waals surface area contributed by atoms with Crippen molar-refractivity contribution < 1.29 is 8.42 Å². The third-order valence-corrected chi connectivity index (χ3v) is 6.02. The molecule has 108 valence electrons. The smallest absolute Gasteiger partial charge is 0.250 e. The Morgan fingerprint density at radius 3 is 2.50 bits per heavy atom. The molecule has 0 saturated carbocycles. The molecule has 0 amide bonds. The van der Waals surface area contributed by atoms with E-state index in [1.807, 2.05) is 44.3 Å². The summed E-state index contributed by atoms with van der Waals surface area (Å²) in [5.74, 6) is 0. The molecule has 0 unspecified atom stereocenters. The fourth-order valence-electron chi connectivity index (χ4n) is 1.80. The fraction of sp³-hybridized carbons (Fsp3) is 0.286. The topological polar surface area (TPSA) is 58.2 Å². The van der Waals surface area contributed by atoms with Gasteiger partial charge in [0.05, 0.1) is 0 Å². The molecule has 20 heavy (non-hydrogen) atoms. The second kappa shape index (κ2) is 6.49. The van der Waals surface area contributed by atoms with Gasteiger partial charge in [0.15, 0.2) is 0 Å². The van der Waals surface area contributed by atoms with E-state index < -0.39 is 10.0 Å². The second-order valence-electron chi connectivity index (χ2n) is 4.51. The van der Waals surface area contributed by atoms with Crippen LogP contribution in [0.3, 0.4) is 0 Å². The monoisotopic (exact) mass is 310 g/mol. The summed E-state index contributed by atoms with van der Waals surface area (Å²) < 4.78 is 27.5. The molecular formula is C14H18N2O2S2. The molecule has 1 aromatic carbocycles. The van der Waals surface area contributed by atoms with Gasteiger partial charge in [0.1, 0.15) is 4.21 Å². The fourth-order valence-corrected chi connectivity index (χ4v) is 4.47. The molecule has 0 saturated heterocycles. The van der Waals surface area contributed by atoms with Crippen LogP contribution < -0.4 is 10.0 Å². The molecule has 0 fully saturated rings. The molecule has 0 aliphatic carbocycles. The first-order valence-electron chi connectivity index (χ1n) is 6.30. The van der Waals surface area contributed by atoms with Crippen LogP contribution in [0.4, 0.5) is 0 Å². The zero-order valence-electron chi connectivity index (χ0n) is 11.5. The van der Waals surface area contributed by atoms with Crippen LogP contribution in [0.1, 0.15) is 16.0 Å². The zero-order chi connectivity index (χ0) is 14.6. The van der Waals surface area contributed by atoms with Crippen molar-refractivity contribution in [3.05, 3.63) is 52.4 Å². The van der Waals surface area contributed by atoms with Crippen molar-refractivity contribution in [1.29, 1.82) is 0 Å². The molecule has 2 N–H and O–H groups in total. The van der Waals surface area contributed by atoms with Crippen LogP contribution >= 0.6 is 11.3 Å². The van der Waals surface area contributed by atoms with Crippen LogP contribution in [0, 0.1) is 6.92 Å². The van der Waals surface area contributed by atoms with E-state index in [0.717, 1.165) is 16.0 Å². The summed E-state index contributed by atoms with van der Waals surface area (Å²) in [7, 11) is -1.59. The molecule has 4 nitrogen and oxygen atoms in total. The van der Waals surface area contributed by atoms with Crippen molar-refractivity contribution in [3.8, 4) is 0 Å². The number of sulfonamides is 1. The standard InChI is InChI=1S/C14H18N2O2S2/c1-11-8-14(19-13(11)10-15-2)20(17,18)16-9-12-6-4-3-5-7-12/h3-8,15-16H,9-10H2,1-2H3. The van der Waals surface area contributed by atoms with Gasteiger partial charge < -0.3 is 5.32 Å². The average Bonchev–Trinajstić information content (AvgIpc) is 2.81. The summed E-state index contributed by atoms with van der Waals surface area (Å²) in [6, 6.07) is 11.2. The number of rotatable bonds is 6. The minimum Gasteiger partial charge on any atom is -0.315 e. The second-order valence-corrected chi connectivity index (χ2v) is 7.64. The van der Waals surface area contributed by atoms with Gasteiger partial charge in [-0.15, -0.1) is 11.3 Å². The van der Waals surface area contributed by atoms with E-state index in [4.69, 9.17) is 0 Å². The lowest BCUT2D eigenvalue weighted by atomic mass is 10.2. The van der Waals surface area contributed by atoms with Crippen LogP contribution in [0.25, 0.3) is 0 Å². The van der Waals surface area contributed by atoms with E-state index in [0.29, 0.717) is 17.3 Å². The van der Waals surface area contributed by atoms with Crippen molar-refractivity contribution in [2.45, 2.75) is 24.2 Å². The lowest BCUT2D eigenvalue weighted by Gasteiger charge is -2.04. The Labute approximate surface area is 123 Å². The van der Waals surface area contributed by atoms with Gasteiger partial charge in [0.25, 0.3) is 0 Å². The highest BCUT2D eigenvalue weighted by Gasteiger charge is 2.18. The van der Waals surface area contributed by atoms with E-state index in [9.17, 15) is 8.42 Å². The molecule has 0 aliphatic rings. The number of hydrogen-bond acceptors (Lipinski definition) is 4.